The number of benzene rings is 1. The molecule has 0 spiro atoms. The molecule has 0 fully saturated rings. The Hall–Kier alpha value is -1.84. The van der Waals surface area contributed by atoms with Crippen molar-refractivity contribution in [3.63, 3.8) is 0 Å². The Kier molecular flexibility index (Phi) is 3.35. The van der Waals surface area contributed by atoms with E-state index in [2.05, 4.69) is 62.2 Å². The first kappa shape index (κ1) is 13.6. The predicted octanol–water partition coefficient (Wildman–Crippen LogP) is 3.61. The van der Waals surface area contributed by atoms with E-state index in [1.807, 2.05) is 18.2 Å². The van der Waals surface area contributed by atoms with Crippen LogP contribution in [-0.4, -0.2) is 15.7 Å². The first-order chi connectivity index (χ1) is 8.79. The van der Waals surface area contributed by atoms with Gasteiger partial charge in [0.15, 0.2) is 5.82 Å². The summed E-state index contributed by atoms with van der Waals surface area (Å²) in [7, 11) is 0. The molecular weight excluding hydrogens is 238 g/mol. The molecule has 1 aromatic carbocycles. The standard InChI is InChI=1S/C15H21N3O/c1-14(2,3)17-13-16-12(18-19-13)15(4,5)11-9-7-6-8-10-11/h6-10H,1-5H3,(H,16,17,18). The number of nitrogens with one attached hydrogen (secondary N) is 1. The maximum atomic E-state index is 5.28. The third kappa shape index (κ3) is 3.13. The van der Waals surface area contributed by atoms with Crippen LogP contribution in [0.4, 0.5) is 6.01 Å². The summed E-state index contributed by atoms with van der Waals surface area (Å²) in [6.07, 6.45) is 0. The van der Waals surface area contributed by atoms with E-state index in [0.29, 0.717) is 11.8 Å². The second-order valence-electron chi connectivity index (χ2n) is 6.29. The molecule has 1 N–H and O–H groups in total. The number of nitrogens with zero attached hydrogens (tertiary/aromatic N) is 2. The summed E-state index contributed by atoms with van der Waals surface area (Å²) in [5, 5.41) is 7.28. The molecule has 102 valence electrons. The number of hydrogen-bond donors (Lipinski definition) is 1. The average Bonchev–Trinajstić information content (AvgIpc) is 2.77. The Labute approximate surface area is 114 Å². The van der Waals surface area contributed by atoms with E-state index < -0.39 is 0 Å². The molecule has 2 rings (SSSR count). The Balaban J connectivity index is 2.27. The van der Waals surface area contributed by atoms with Crippen LogP contribution in [0.5, 0.6) is 0 Å². The molecule has 0 saturated heterocycles. The molecule has 0 bridgehead atoms. The van der Waals surface area contributed by atoms with Gasteiger partial charge in [0.1, 0.15) is 0 Å². The number of hydrogen-bond acceptors (Lipinski definition) is 4. The van der Waals surface area contributed by atoms with Crippen molar-refractivity contribution in [1.29, 1.82) is 0 Å². The van der Waals surface area contributed by atoms with Crippen LogP contribution in [0.1, 0.15) is 46.0 Å². The van der Waals surface area contributed by atoms with Gasteiger partial charge in [0.05, 0.1) is 5.41 Å². The number of aromatic nitrogens is 2. The van der Waals surface area contributed by atoms with E-state index in [1.54, 1.807) is 0 Å². The highest BCUT2D eigenvalue weighted by Crippen LogP contribution is 2.29. The van der Waals surface area contributed by atoms with E-state index in [1.165, 1.54) is 0 Å². The fourth-order valence-corrected chi connectivity index (χ4v) is 1.83. The lowest BCUT2D eigenvalue weighted by molar-refractivity contribution is 0.400. The van der Waals surface area contributed by atoms with Gasteiger partial charge in [0, 0.05) is 5.54 Å². The summed E-state index contributed by atoms with van der Waals surface area (Å²) in [6, 6.07) is 10.7. The van der Waals surface area contributed by atoms with Crippen LogP contribution in [0.2, 0.25) is 0 Å². The zero-order valence-corrected chi connectivity index (χ0v) is 12.2. The maximum Gasteiger partial charge on any atom is 0.321 e. The van der Waals surface area contributed by atoms with Gasteiger partial charge in [0.2, 0.25) is 0 Å². The topological polar surface area (TPSA) is 51.0 Å². The largest absolute Gasteiger partial charge is 0.333 e. The van der Waals surface area contributed by atoms with Crippen LogP contribution in [0.15, 0.2) is 34.9 Å². The minimum absolute atomic E-state index is 0.0965. The SMILES string of the molecule is CC(C)(C)Nc1nc(C(C)(C)c2ccccc2)no1. The molecule has 0 radical (unpaired) electrons. The quantitative estimate of drug-likeness (QED) is 0.915. The van der Waals surface area contributed by atoms with E-state index in [-0.39, 0.29) is 11.0 Å². The van der Waals surface area contributed by atoms with Gasteiger partial charge in [0.25, 0.3) is 0 Å². The van der Waals surface area contributed by atoms with E-state index in [0.717, 1.165) is 5.56 Å². The van der Waals surface area contributed by atoms with Crippen molar-refractivity contribution in [3.05, 3.63) is 41.7 Å². The van der Waals surface area contributed by atoms with Gasteiger partial charge >= 0.3 is 6.01 Å². The fraction of sp³-hybridized carbons (Fsp3) is 0.467. The molecular formula is C15H21N3O. The predicted molar refractivity (Wildman–Crippen MR) is 76.2 cm³/mol. The minimum Gasteiger partial charge on any atom is -0.333 e. The zero-order chi connectivity index (χ0) is 14.1. The van der Waals surface area contributed by atoms with Crippen LogP contribution in [0, 0.1) is 0 Å². The van der Waals surface area contributed by atoms with Crippen molar-refractivity contribution in [2.45, 2.75) is 45.6 Å². The molecule has 2 aromatic rings. The summed E-state index contributed by atoms with van der Waals surface area (Å²) in [4.78, 5) is 4.45. The second kappa shape index (κ2) is 4.68. The first-order valence-corrected chi connectivity index (χ1v) is 6.47. The van der Waals surface area contributed by atoms with Gasteiger partial charge in [-0.2, -0.15) is 4.98 Å². The molecule has 4 nitrogen and oxygen atoms in total. The summed E-state index contributed by atoms with van der Waals surface area (Å²) < 4.78 is 5.28. The average molecular weight is 259 g/mol. The molecule has 0 unspecified atom stereocenters. The van der Waals surface area contributed by atoms with Crippen LogP contribution in [0.3, 0.4) is 0 Å². The van der Waals surface area contributed by atoms with E-state index in [4.69, 9.17) is 4.52 Å². The monoisotopic (exact) mass is 259 g/mol. The highest BCUT2D eigenvalue weighted by atomic mass is 16.5. The lowest BCUT2D eigenvalue weighted by Gasteiger charge is -2.21. The Bertz CT molecular complexity index is 538. The lowest BCUT2D eigenvalue weighted by atomic mass is 9.84. The van der Waals surface area contributed by atoms with E-state index >= 15 is 0 Å². The maximum absolute atomic E-state index is 5.28. The molecule has 0 atom stereocenters. The van der Waals surface area contributed by atoms with Crippen molar-refractivity contribution in [2.75, 3.05) is 5.32 Å². The lowest BCUT2D eigenvalue weighted by Crippen LogP contribution is -2.26. The van der Waals surface area contributed by atoms with Crippen LogP contribution < -0.4 is 5.32 Å². The van der Waals surface area contributed by atoms with Crippen LogP contribution in [-0.2, 0) is 5.41 Å². The molecule has 1 heterocycles. The van der Waals surface area contributed by atoms with Crippen molar-refractivity contribution in [1.82, 2.24) is 10.1 Å². The molecule has 0 aliphatic rings. The van der Waals surface area contributed by atoms with Gasteiger partial charge in [-0.3, -0.25) is 0 Å². The molecule has 19 heavy (non-hydrogen) atoms. The first-order valence-electron chi connectivity index (χ1n) is 6.47. The zero-order valence-electron chi connectivity index (χ0n) is 12.2. The molecule has 0 aliphatic carbocycles. The number of anilines is 1. The Morgan fingerprint density at radius 2 is 1.63 bits per heavy atom. The van der Waals surface area contributed by atoms with Crippen molar-refractivity contribution in [2.24, 2.45) is 0 Å². The van der Waals surface area contributed by atoms with Gasteiger partial charge < -0.3 is 9.84 Å². The fourth-order valence-electron chi connectivity index (χ4n) is 1.83. The van der Waals surface area contributed by atoms with Gasteiger partial charge in [-0.1, -0.05) is 35.5 Å². The van der Waals surface area contributed by atoms with Gasteiger partial charge in [-0.15, -0.1) is 0 Å². The smallest absolute Gasteiger partial charge is 0.321 e. The van der Waals surface area contributed by atoms with Crippen molar-refractivity contribution in [3.8, 4) is 0 Å². The molecule has 0 amide bonds. The molecule has 1 aromatic heterocycles. The highest BCUT2D eigenvalue weighted by molar-refractivity contribution is 5.33. The summed E-state index contributed by atoms with van der Waals surface area (Å²) >= 11 is 0. The second-order valence-corrected chi connectivity index (χ2v) is 6.29. The summed E-state index contributed by atoms with van der Waals surface area (Å²) in [6.45, 7) is 10.3. The Morgan fingerprint density at radius 1 is 1.00 bits per heavy atom. The normalized spacial score (nSPS) is 12.5. The Morgan fingerprint density at radius 3 is 2.21 bits per heavy atom. The van der Waals surface area contributed by atoms with Crippen LogP contribution >= 0.6 is 0 Å². The van der Waals surface area contributed by atoms with Gasteiger partial charge in [-0.05, 0) is 40.2 Å². The third-order valence-corrected chi connectivity index (χ3v) is 2.96. The third-order valence-electron chi connectivity index (χ3n) is 2.96. The van der Waals surface area contributed by atoms with Crippen LogP contribution in [0.25, 0.3) is 0 Å². The minimum atomic E-state index is -0.275. The van der Waals surface area contributed by atoms with Gasteiger partial charge in [-0.25, -0.2) is 0 Å². The van der Waals surface area contributed by atoms with E-state index in [9.17, 15) is 0 Å². The van der Waals surface area contributed by atoms with Crippen molar-refractivity contribution < 1.29 is 4.52 Å². The molecule has 4 heteroatoms. The summed E-state index contributed by atoms with van der Waals surface area (Å²) in [5.41, 5.74) is 0.793. The summed E-state index contributed by atoms with van der Waals surface area (Å²) in [5.74, 6) is 0.686. The highest BCUT2D eigenvalue weighted by Gasteiger charge is 2.29. The number of rotatable bonds is 3. The molecule has 0 saturated carbocycles. The van der Waals surface area contributed by atoms with Crippen molar-refractivity contribution >= 4 is 6.01 Å². The molecule has 0 aliphatic heterocycles.